The van der Waals surface area contributed by atoms with Gasteiger partial charge in [0.1, 0.15) is 0 Å². The van der Waals surface area contributed by atoms with E-state index in [0.717, 1.165) is 0 Å². The van der Waals surface area contributed by atoms with Gasteiger partial charge in [-0.1, -0.05) is 0 Å². The smallest absolute Gasteiger partial charge is 0.420 e. The first-order valence-electron chi connectivity index (χ1n) is 4.15. The minimum atomic E-state index is -6.65. The first kappa shape index (κ1) is 17.2. The van der Waals surface area contributed by atoms with Crippen LogP contribution in [0.3, 0.4) is 0 Å². The van der Waals surface area contributed by atoms with E-state index in [4.69, 9.17) is 0 Å². The van der Waals surface area contributed by atoms with E-state index in [2.05, 4.69) is 16.1 Å². The highest BCUT2D eigenvalue weighted by Gasteiger charge is 2.76. The number of carbonyl (C=O) groups excluding carboxylic acids is 2. The van der Waals surface area contributed by atoms with Crippen molar-refractivity contribution in [1.82, 2.24) is 0 Å². The topological polar surface area (TPSA) is 52.6 Å². The van der Waals surface area contributed by atoms with Crippen LogP contribution in [0, 0.1) is 0 Å². The molecule has 4 nitrogen and oxygen atoms in total. The largest absolute Gasteiger partial charge is 0.476 e. The Balaban J connectivity index is 5.02. The molecule has 0 atom stereocenters. The Bertz CT molecular complexity index is 398. The van der Waals surface area contributed by atoms with E-state index >= 15 is 0 Å². The molecule has 0 rings (SSSR count). The third kappa shape index (κ3) is 3.83. The summed E-state index contributed by atoms with van der Waals surface area (Å²) in [6.45, 7) is 3.24. The fourth-order valence-corrected chi connectivity index (χ4v) is 0.618. The van der Waals surface area contributed by atoms with Crippen molar-refractivity contribution in [2.24, 2.45) is 0 Å². The maximum atomic E-state index is 12.6. The van der Waals surface area contributed by atoms with Gasteiger partial charge < -0.3 is 9.47 Å². The highest BCUT2D eigenvalue weighted by atomic mass is 19.4. The Morgan fingerprint density at radius 1 is 1.00 bits per heavy atom. The second kappa shape index (κ2) is 5.05. The molecule has 0 aromatic rings. The molecule has 0 aliphatic rings. The number of rotatable bonds is 4. The molecule has 19 heavy (non-hydrogen) atoms. The van der Waals surface area contributed by atoms with Gasteiger partial charge >= 0.3 is 30.1 Å². The van der Waals surface area contributed by atoms with Gasteiger partial charge in [0, 0.05) is 6.92 Å². The summed E-state index contributed by atoms with van der Waals surface area (Å²) >= 11 is 0. The summed E-state index contributed by atoms with van der Waals surface area (Å²) in [4.78, 5) is 21.0. The van der Waals surface area contributed by atoms with Crippen LogP contribution in [0.1, 0.15) is 6.92 Å². The van der Waals surface area contributed by atoms with Crippen LogP contribution in [0.2, 0.25) is 0 Å². The standard InChI is InChI=1S/C8H5F7O4/c1-3(18-4(2)16)5(17)19-8(14,15)6(9,10)7(11,12)13/h1H2,2H3. The normalized spacial score (nSPS) is 12.8. The van der Waals surface area contributed by atoms with Crippen LogP contribution < -0.4 is 0 Å². The zero-order valence-corrected chi connectivity index (χ0v) is 8.99. The number of alkyl halides is 7. The van der Waals surface area contributed by atoms with Crippen LogP contribution in [0.5, 0.6) is 0 Å². The molecule has 0 aliphatic carbocycles. The number of esters is 2. The van der Waals surface area contributed by atoms with Crippen molar-refractivity contribution < 1.29 is 49.8 Å². The molecule has 0 saturated carbocycles. The second-order valence-electron chi connectivity index (χ2n) is 3.00. The third-order valence-corrected chi connectivity index (χ3v) is 1.44. The van der Waals surface area contributed by atoms with Crippen molar-refractivity contribution in [2.45, 2.75) is 25.1 Å². The summed E-state index contributed by atoms with van der Waals surface area (Å²) in [5.74, 6) is -11.8. The summed E-state index contributed by atoms with van der Waals surface area (Å²) in [5, 5.41) is 0. The van der Waals surface area contributed by atoms with Gasteiger partial charge in [0.25, 0.3) is 0 Å². The summed E-state index contributed by atoms with van der Waals surface area (Å²) in [6, 6.07) is 0. The molecule has 0 aliphatic heterocycles. The monoisotopic (exact) mass is 298 g/mol. The maximum Gasteiger partial charge on any atom is 0.476 e. The molecule has 0 bridgehead atoms. The number of ether oxygens (including phenoxy) is 2. The SMILES string of the molecule is C=C(OC(C)=O)C(=O)OC(F)(F)C(F)(F)C(F)(F)F. The van der Waals surface area contributed by atoms with Gasteiger partial charge in [-0.3, -0.25) is 4.79 Å². The Hall–Kier alpha value is -1.81. The predicted molar refractivity (Wildman–Crippen MR) is 42.9 cm³/mol. The maximum absolute atomic E-state index is 12.6. The number of hydrogen-bond donors (Lipinski definition) is 0. The fourth-order valence-electron chi connectivity index (χ4n) is 0.618. The number of carbonyl (C=O) groups is 2. The quantitative estimate of drug-likeness (QED) is 0.346. The van der Waals surface area contributed by atoms with Crippen LogP contribution >= 0.6 is 0 Å². The third-order valence-electron chi connectivity index (χ3n) is 1.44. The fraction of sp³-hybridized carbons (Fsp3) is 0.500. The second-order valence-corrected chi connectivity index (χ2v) is 3.00. The molecule has 0 heterocycles. The average Bonchev–Trinajstić information content (AvgIpc) is 2.13. The highest BCUT2D eigenvalue weighted by molar-refractivity contribution is 5.88. The molecular formula is C8H5F7O4. The van der Waals surface area contributed by atoms with Crippen molar-refractivity contribution in [3.8, 4) is 0 Å². The summed E-state index contributed by atoms with van der Waals surface area (Å²) in [7, 11) is 0. The first-order chi connectivity index (χ1) is 8.22. The molecule has 0 aromatic carbocycles. The van der Waals surface area contributed by atoms with E-state index in [1.54, 1.807) is 0 Å². The van der Waals surface area contributed by atoms with Gasteiger partial charge in [-0.05, 0) is 6.58 Å². The Morgan fingerprint density at radius 2 is 1.42 bits per heavy atom. The Morgan fingerprint density at radius 3 is 1.74 bits per heavy atom. The molecular weight excluding hydrogens is 293 g/mol. The molecule has 0 spiro atoms. The lowest BCUT2D eigenvalue weighted by Gasteiger charge is -2.26. The van der Waals surface area contributed by atoms with Crippen LogP contribution in [0.4, 0.5) is 30.7 Å². The van der Waals surface area contributed by atoms with Gasteiger partial charge in [0.05, 0.1) is 0 Å². The zero-order chi connectivity index (χ0) is 15.6. The molecule has 0 radical (unpaired) electrons. The highest BCUT2D eigenvalue weighted by Crippen LogP contribution is 2.47. The molecule has 110 valence electrons. The zero-order valence-electron chi connectivity index (χ0n) is 8.99. The summed E-state index contributed by atoms with van der Waals surface area (Å²) in [6.07, 6.45) is -12.8. The van der Waals surface area contributed by atoms with E-state index in [-0.39, 0.29) is 0 Å². The minimum absolute atomic E-state index is 0.695. The van der Waals surface area contributed by atoms with Gasteiger partial charge in [0.2, 0.25) is 5.76 Å². The van der Waals surface area contributed by atoms with Crippen molar-refractivity contribution >= 4 is 11.9 Å². The number of hydrogen-bond acceptors (Lipinski definition) is 4. The van der Waals surface area contributed by atoms with Gasteiger partial charge in [-0.15, -0.1) is 0 Å². The Labute approximate surface area is 100 Å². The van der Waals surface area contributed by atoms with Crippen LogP contribution in [0.15, 0.2) is 12.3 Å². The lowest BCUT2D eigenvalue weighted by Crippen LogP contribution is -2.54. The molecule has 0 N–H and O–H groups in total. The van der Waals surface area contributed by atoms with E-state index in [9.17, 15) is 40.3 Å². The van der Waals surface area contributed by atoms with Crippen molar-refractivity contribution in [1.29, 1.82) is 0 Å². The molecule has 0 aromatic heterocycles. The van der Waals surface area contributed by atoms with E-state index in [1.807, 2.05) is 0 Å². The van der Waals surface area contributed by atoms with E-state index in [0.29, 0.717) is 6.92 Å². The summed E-state index contributed by atoms with van der Waals surface area (Å²) < 4.78 is 91.2. The van der Waals surface area contributed by atoms with Crippen molar-refractivity contribution in [3.05, 3.63) is 12.3 Å². The predicted octanol–water partition coefficient (Wildman–Crippen LogP) is 2.40. The molecule has 0 fully saturated rings. The molecule has 0 unspecified atom stereocenters. The van der Waals surface area contributed by atoms with Crippen LogP contribution in [-0.2, 0) is 19.1 Å². The van der Waals surface area contributed by atoms with Gasteiger partial charge in [-0.2, -0.15) is 30.7 Å². The van der Waals surface area contributed by atoms with Crippen LogP contribution in [-0.4, -0.2) is 30.1 Å². The van der Waals surface area contributed by atoms with Crippen molar-refractivity contribution in [3.63, 3.8) is 0 Å². The van der Waals surface area contributed by atoms with Crippen LogP contribution in [0.25, 0.3) is 0 Å². The molecule has 11 heteroatoms. The van der Waals surface area contributed by atoms with Gasteiger partial charge in [-0.25, -0.2) is 4.79 Å². The summed E-state index contributed by atoms with van der Waals surface area (Å²) in [5.41, 5.74) is 0. The number of halogens is 7. The lowest BCUT2D eigenvalue weighted by atomic mass is 10.3. The first-order valence-corrected chi connectivity index (χ1v) is 4.15. The Kier molecular flexibility index (Phi) is 4.57. The van der Waals surface area contributed by atoms with E-state index in [1.165, 1.54) is 0 Å². The average molecular weight is 298 g/mol. The van der Waals surface area contributed by atoms with Crippen molar-refractivity contribution in [2.75, 3.05) is 0 Å². The molecule has 0 saturated heterocycles. The lowest BCUT2D eigenvalue weighted by molar-refractivity contribution is -0.412. The molecule has 0 amide bonds. The van der Waals surface area contributed by atoms with E-state index < -0.39 is 35.9 Å². The van der Waals surface area contributed by atoms with Gasteiger partial charge in [0.15, 0.2) is 0 Å². The minimum Gasteiger partial charge on any atom is -0.420 e.